The molecule has 0 atom stereocenters. The van der Waals surface area contributed by atoms with Crippen molar-refractivity contribution in [2.24, 2.45) is 0 Å². The molecule has 8 aromatic carbocycles. The van der Waals surface area contributed by atoms with Crippen molar-refractivity contribution in [3.63, 3.8) is 0 Å². The predicted octanol–water partition coefficient (Wildman–Crippen LogP) is 13.8. The standard InChI is InChI=1S/C47H33NO/c1-29(2)30-17-20-37(21-18-30)48(45-13-8-12-40-39-11-6-7-14-46(39)49-47(40)45)38-22-19-34-26-42-43-27-35-23-32(31-9-4-3-5-10-31)15-16-33(35)25-41(43)44(42)28-36(34)24-38/h3-29H,1-2H3. The molecule has 0 saturated carbocycles. The van der Waals surface area contributed by atoms with Crippen LogP contribution in [-0.4, -0.2) is 0 Å². The van der Waals surface area contributed by atoms with Gasteiger partial charge in [-0.15, -0.1) is 0 Å². The molecule has 0 unspecified atom stereocenters. The van der Waals surface area contributed by atoms with Crippen molar-refractivity contribution in [3.05, 3.63) is 163 Å². The summed E-state index contributed by atoms with van der Waals surface area (Å²) in [5.74, 6) is 0.464. The van der Waals surface area contributed by atoms with E-state index in [1.807, 2.05) is 6.07 Å². The third-order valence-electron chi connectivity index (χ3n) is 10.3. The van der Waals surface area contributed by atoms with Crippen LogP contribution in [0.25, 0.3) is 76.9 Å². The van der Waals surface area contributed by atoms with Gasteiger partial charge in [-0.05, 0) is 133 Å². The second-order valence-corrected chi connectivity index (χ2v) is 13.6. The molecule has 0 saturated heterocycles. The number of para-hydroxylation sites is 2. The molecule has 0 fully saturated rings. The van der Waals surface area contributed by atoms with Gasteiger partial charge in [-0.1, -0.05) is 105 Å². The van der Waals surface area contributed by atoms with Crippen LogP contribution in [0.5, 0.6) is 0 Å². The third-order valence-corrected chi connectivity index (χ3v) is 10.3. The van der Waals surface area contributed by atoms with Gasteiger partial charge in [0.05, 0.1) is 5.69 Å². The molecule has 0 N–H and O–H groups in total. The van der Waals surface area contributed by atoms with Gasteiger partial charge in [0.15, 0.2) is 5.58 Å². The van der Waals surface area contributed by atoms with Crippen LogP contribution in [0.1, 0.15) is 25.3 Å². The number of hydrogen-bond acceptors (Lipinski definition) is 2. The first-order valence-electron chi connectivity index (χ1n) is 17.1. The lowest BCUT2D eigenvalue weighted by atomic mass is 9.77. The molecular formula is C47H33NO. The molecule has 0 bridgehead atoms. The predicted molar refractivity (Wildman–Crippen MR) is 207 cm³/mol. The van der Waals surface area contributed by atoms with Gasteiger partial charge in [-0.3, -0.25) is 0 Å². The van der Waals surface area contributed by atoms with Crippen LogP contribution in [0.2, 0.25) is 0 Å². The zero-order valence-corrected chi connectivity index (χ0v) is 27.4. The van der Waals surface area contributed by atoms with E-state index in [2.05, 4.69) is 170 Å². The van der Waals surface area contributed by atoms with Gasteiger partial charge in [0.2, 0.25) is 0 Å². The van der Waals surface area contributed by atoms with Crippen molar-refractivity contribution < 1.29 is 4.42 Å². The Labute approximate surface area is 285 Å². The van der Waals surface area contributed by atoms with Crippen LogP contribution in [0.3, 0.4) is 0 Å². The Bertz CT molecular complexity index is 2730. The Morgan fingerprint density at radius 1 is 0.449 bits per heavy atom. The fourth-order valence-corrected chi connectivity index (χ4v) is 7.70. The van der Waals surface area contributed by atoms with Gasteiger partial charge >= 0.3 is 0 Å². The summed E-state index contributed by atoms with van der Waals surface area (Å²) in [6.07, 6.45) is 0. The van der Waals surface area contributed by atoms with Crippen LogP contribution >= 0.6 is 0 Å². The number of rotatable bonds is 5. The molecule has 1 heterocycles. The highest BCUT2D eigenvalue weighted by Crippen LogP contribution is 2.51. The summed E-state index contributed by atoms with van der Waals surface area (Å²) in [7, 11) is 0. The smallest absolute Gasteiger partial charge is 0.159 e. The molecule has 49 heavy (non-hydrogen) atoms. The topological polar surface area (TPSA) is 16.4 Å². The van der Waals surface area contributed by atoms with Crippen molar-refractivity contribution in [2.45, 2.75) is 19.8 Å². The van der Waals surface area contributed by atoms with Crippen molar-refractivity contribution in [3.8, 4) is 33.4 Å². The average molecular weight is 628 g/mol. The molecule has 0 amide bonds. The molecule has 232 valence electrons. The first-order chi connectivity index (χ1) is 24.1. The summed E-state index contributed by atoms with van der Waals surface area (Å²) in [5.41, 5.74) is 14.2. The first kappa shape index (κ1) is 27.9. The number of nitrogens with zero attached hydrogens (tertiary/aromatic N) is 1. The molecule has 0 radical (unpaired) electrons. The van der Waals surface area contributed by atoms with Crippen molar-refractivity contribution in [1.29, 1.82) is 0 Å². The maximum Gasteiger partial charge on any atom is 0.159 e. The molecule has 0 spiro atoms. The largest absolute Gasteiger partial charge is 0.454 e. The zero-order chi connectivity index (χ0) is 32.6. The molecule has 1 aromatic heterocycles. The van der Waals surface area contributed by atoms with Crippen LogP contribution < -0.4 is 4.90 Å². The van der Waals surface area contributed by atoms with Gasteiger partial charge in [0.1, 0.15) is 5.58 Å². The number of hydrogen-bond donors (Lipinski definition) is 0. The van der Waals surface area contributed by atoms with E-state index >= 15 is 0 Å². The van der Waals surface area contributed by atoms with Crippen LogP contribution in [-0.2, 0) is 0 Å². The summed E-state index contributed by atoms with van der Waals surface area (Å²) in [6, 6.07) is 57.5. The van der Waals surface area contributed by atoms with Crippen LogP contribution in [0.4, 0.5) is 17.1 Å². The van der Waals surface area contributed by atoms with E-state index in [4.69, 9.17) is 4.42 Å². The molecule has 0 aliphatic heterocycles. The normalized spacial score (nSPS) is 12.1. The minimum absolute atomic E-state index is 0.464. The fourth-order valence-electron chi connectivity index (χ4n) is 7.70. The van der Waals surface area contributed by atoms with Gasteiger partial charge in [-0.2, -0.15) is 0 Å². The molecular weight excluding hydrogens is 595 g/mol. The van der Waals surface area contributed by atoms with Crippen molar-refractivity contribution >= 4 is 60.5 Å². The maximum atomic E-state index is 6.57. The molecule has 2 heteroatoms. The highest BCUT2D eigenvalue weighted by atomic mass is 16.3. The summed E-state index contributed by atoms with van der Waals surface area (Å²) in [6.45, 7) is 4.48. The first-order valence-corrected chi connectivity index (χ1v) is 17.1. The van der Waals surface area contributed by atoms with E-state index in [-0.39, 0.29) is 0 Å². The number of furan rings is 1. The second-order valence-electron chi connectivity index (χ2n) is 13.6. The van der Waals surface area contributed by atoms with E-state index in [0.717, 1.165) is 39.0 Å². The Hall–Kier alpha value is -6.12. The highest BCUT2D eigenvalue weighted by molar-refractivity contribution is 6.13. The molecule has 1 aliphatic rings. The molecule has 10 rings (SSSR count). The molecule has 9 aromatic rings. The quantitative estimate of drug-likeness (QED) is 0.189. The fraction of sp³-hybridized carbons (Fsp3) is 0.0638. The summed E-state index contributed by atoms with van der Waals surface area (Å²) in [5, 5.41) is 7.27. The second kappa shape index (κ2) is 10.7. The summed E-state index contributed by atoms with van der Waals surface area (Å²) >= 11 is 0. The molecule has 2 nitrogen and oxygen atoms in total. The van der Waals surface area contributed by atoms with E-state index in [1.165, 1.54) is 60.5 Å². The molecule has 1 aliphatic carbocycles. The summed E-state index contributed by atoms with van der Waals surface area (Å²) in [4.78, 5) is 2.35. The van der Waals surface area contributed by atoms with Crippen molar-refractivity contribution in [2.75, 3.05) is 4.90 Å². The minimum atomic E-state index is 0.464. The monoisotopic (exact) mass is 627 g/mol. The lowest BCUT2D eigenvalue weighted by Crippen LogP contribution is -2.10. The minimum Gasteiger partial charge on any atom is -0.454 e. The zero-order valence-electron chi connectivity index (χ0n) is 27.4. The highest BCUT2D eigenvalue weighted by Gasteiger charge is 2.25. The van der Waals surface area contributed by atoms with Crippen LogP contribution in [0.15, 0.2) is 162 Å². The van der Waals surface area contributed by atoms with Gasteiger partial charge in [0.25, 0.3) is 0 Å². The Kier molecular flexibility index (Phi) is 6.10. The van der Waals surface area contributed by atoms with E-state index in [9.17, 15) is 0 Å². The van der Waals surface area contributed by atoms with E-state index in [1.54, 1.807) is 0 Å². The van der Waals surface area contributed by atoms with E-state index < -0.39 is 0 Å². The Balaban J connectivity index is 1.10. The van der Waals surface area contributed by atoms with Crippen molar-refractivity contribution in [1.82, 2.24) is 0 Å². The number of anilines is 3. The Morgan fingerprint density at radius 2 is 1.06 bits per heavy atom. The number of benzene rings is 8. The third kappa shape index (κ3) is 4.41. The lowest BCUT2D eigenvalue weighted by molar-refractivity contribution is 0.669. The average Bonchev–Trinajstić information content (AvgIpc) is 3.53. The number of fused-ring (bicyclic) bond motifs is 9. The van der Waals surface area contributed by atoms with Crippen LogP contribution in [0, 0.1) is 0 Å². The maximum absolute atomic E-state index is 6.57. The van der Waals surface area contributed by atoms with Gasteiger partial charge < -0.3 is 9.32 Å². The van der Waals surface area contributed by atoms with E-state index in [0.29, 0.717) is 5.92 Å². The Morgan fingerprint density at radius 3 is 1.80 bits per heavy atom. The SMILES string of the molecule is CC(C)c1ccc(N(c2ccc3cc4c(cc3c2)-c2cc3ccc(-c5ccccc5)cc3cc2-4)c2cccc3c2oc2ccccc23)cc1. The van der Waals surface area contributed by atoms with Gasteiger partial charge in [-0.25, -0.2) is 0 Å². The lowest BCUT2D eigenvalue weighted by Gasteiger charge is -2.28. The summed E-state index contributed by atoms with van der Waals surface area (Å²) < 4.78 is 6.57. The van der Waals surface area contributed by atoms with Gasteiger partial charge in [0, 0.05) is 22.1 Å².